The number of ether oxygens (including phenoxy) is 1. The van der Waals surface area contributed by atoms with Crippen molar-refractivity contribution in [2.45, 2.75) is 10.3 Å². The maximum absolute atomic E-state index is 5.49. The minimum atomic E-state index is 0.118. The Bertz CT molecular complexity index is 239. The van der Waals surface area contributed by atoms with Crippen LogP contribution < -0.4 is 10.5 Å². The SMILES string of the molecule is NCC1Oc2ccccc2S1. The third-order valence-corrected chi connectivity index (χ3v) is 2.70. The molecule has 1 aromatic rings. The van der Waals surface area contributed by atoms with Gasteiger partial charge in [0.2, 0.25) is 0 Å². The Balaban J connectivity index is 2.27. The Morgan fingerprint density at radius 1 is 1.45 bits per heavy atom. The molecule has 1 unspecified atom stereocenters. The van der Waals surface area contributed by atoms with E-state index in [4.69, 9.17) is 10.5 Å². The van der Waals surface area contributed by atoms with Gasteiger partial charge in [0.05, 0.1) is 4.90 Å². The van der Waals surface area contributed by atoms with E-state index < -0.39 is 0 Å². The van der Waals surface area contributed by atoms with Crippen LogP contribution in [0.5, 0.6) is 5.75 Å². The van der Waals surface area contributed by atoms with Gasteiger partial charge in [-0.25, -0.2) is 0 Å². The van der Waals surface area contributed by atoms with Crippen LogP contribution >= 0.6 is 11.8 Å². The number of benzene rings is 1. The average molecular weight is 167 g/mol. The first-order chi connectivity index (χ1) is 5.40. The lowest BCUT2D eigenvalue weighted by Gasteiger charge is -2.03. The van der Waals surface area contributed by atoms with Crippen molar-refractivity contribution in [3.8, 4) is 5.75 Å². The van der Waals surface area contributed by atoms with Crippen molar-refractivity contribution < 1.29 is 4.74 Å². The lowest BCUT2D eigenvalue weighted by atomic mass is 10.3. The van der Waals surface area contributed by atoms with Gasteiger partial charge in [-0.15, -0.1) is 0 Å². The number of rotatable bonds is 1. The number of hydrogen-bond acceptors (Lipinski definition) is 3. The minimum absolute atomic E-state index is 0.118. The number of hydrogen-bond donors (Lipinski definition) is 1. The lowest BCUT2D eigenvalue weighted by molar-refractivity contribution is 0.302. The van der Waals surface area contributed by atoms with Crippen molar-refractivity contribution in [2.24, 2.45) is 5.73 Å². The highest BCUT2D eigenvalue weighted by atomic mass is 32.2. The van der Waals surface area contributed by atoms with Crippen LogP contribution in [0.1, 0.15) is 0 Å². The van der Waals surface area contributed by atoms with Crippen molar-refractivity contribution in [1.82, 2.24) is 0 Å². The predicted octanol–water partition coefficient (Wildman–Crippen LogP) is 1.46. The standard InChI is InChI=1S/C8H9NOS/c9-5-8-10-6-3-1-2-4-7(6)11-8/h1-4,8H,5,9H2. The molecule has 1 aliphatic heterocycles. The van der Waals surface area contributed by atoms with Gasteiger partial charge in [0.25, 0.3) is 0 Å². The molecular formula is C8H9NOS. The van der Waals surface area contributed by atoms with Crippen LogP contribution in [0.2, 0.25) is 0 Å². The van der Waals surface area contributed by atoms with Crippen molar-refractivity contribution in [3.05, 3.63) is 24.3 Å². The molecular weight excluding hydrogens is 158 g/mol. The van der Waals surface area contributed by atoms with E-state index in [1.165, 1.54) is 4.90 Å². The summed E-state index contributed by atoms with van der Waals surface area (Å²) in [5, 5.41) is 0. The van der Waals surface area contributed by atoms with Crippen LogP contribution in [0.25, 0.3) is 0 Å². The molecule has 2 nitrogen and oxygen atoms in total. The topological polar surface area (TPSA) is 35.2 Å². The molecule has 11 heavy (non-hydrogen) atoms. The zero-order valence-corrected chi connectivity index (χ0v) is 6.80. The second-order valence-electron chi connectivity index (χ2n) is 2.35. The monoisotopic (exact) mass is 167 g/mol. The summed E-state index contributed by atoms with van der Waals surface area (Å²) in [5.74, 6) is 0.966. The summed E-state index contributed by atoms with van der Waals surface area (Å²) in [5.41, 5.74) is 5.59. The van der Waals surface area contributed by atoms with E-state index >= 15 is 0 Å². The first-order valence-electron chi connectivity index (χ1n) is 3.52. The number of thioether (sulfide) groups is 1. The minimum Gasteiger partial charge on any atom is -0.477 e. The van der Waals surface area contributed by atoms with Crippen LogP contribution in [0, 0.1) is 0 Å². The molecule has 0 aliphatic carbocycles. The predicted molar refractivity (Wildman–Crippen MR) is 45.8 cm³/mol. The van der Waals surface area contributed by atoms with Gasteiger partial charge in [0, 0.05) is 6.54 Å². The molecule has 0 saturated heterocycles. The molecule has 1 aliphatic rings. The van der Waals surface area contributed by atoms with Crippen LogP contribution in [-0.4, -0.2) is 12.0 Å². The molecule has 0 bridgehead atoms. The number of fused-ring (bicyclic) bond motifs is 1. The van der Waals surface area contributed by atoms with Gasteiger partial charge in [-0.1, -0.05) is 23.9 Å². The van der Waals surface area contributed by atoms with E-state index in [-0.39, 0.29) is 5.44 Å². The van der Waals surface area contributed by atoms with E-state index in [1.807, 2.05) is 18.2 Å². The van der Waals surface area contributed by atoms with Crippen molar-refractivity contribution >= 4 is 11.8 Å². The Labute approximate surface area is 69.7 Å². The van der Waals surface area contributed by atoms with Gasteiger partial charge in [-0.2, -0.15) is 0 Å². The Morgan fingerprint density at radius 2 is 2.27 bits per heavy atom. The quantitative estimate of drug-likeness (QED) is 0.687. The van der Waals surface area contributed by atoms with Gasteiger partial charge >= 0.3 is 0 Å². The molecule has 0 saturated carbocycles. The van der Waals surface area contributed by atoms with Gasteiger partial charge in [0.15, 0.2) is 5.44 Å². The van der Waals surface area contributed by atoms with Crippen LogP contribution in [0.3, 0.4) is 0 Å². The fraction of sp³-hybridized carbons (Fsp3) is 0.250. The lowest BCUT2D eigenvalue weighted by Crippen LogP contribution is -2.19. The summed E-state index contributed by atoms with van der Waals surface area (Å²) in [6.45, 7) is 0.569. The molecule has 3 heteroatoms. The van der Waals surface area contributed by atoms with Crippen LogP contribution in [0.4, 0.5) is 0 Å². The van der Waals surface area contributed by atoms with E-state index in [9.17, 15) is 0 Å². The first kappa shape index (κ1) is 7.00. The normalized spacial score (nSPS) is 21.0. The third-order valence-electron chi connectivity index (χ3n) is 1.56. The summed E-state index contributed by atoms with van der Waals surface area (Å²) in [6, 6.07) is 8.00. The zero-order valence-electron chi connectivity index (χ0n) is 5.99. The summed E-state index contributed by atoms with van der Waals surface area (Å²) >= 11 is 1.69. The van der Waals surface area contributed by atoms with E-state index in [0.29, 0.717) is 6.54 Å². The number of nitrogens with two attached hydrogens (primary N) is 1. The van der Waals surface area contributed by atoms with Gasteiger partial charge in [-0.05, 0) is 12.1 Å². The van der Waals surface area contributed by atoms with Crippen LogP contribution in [0.15, 0.2) is 29.2 Å². The second-order valence-corrected chi connectivity index (χ2v) is 3.55. The maximum atomic E-state index is 5.49. The molecule has 0 radical (unpaired) electrons. The first-order valence-corrected chi connectivity index (χ1v) is 4.40. The molecule has 1 atom stereocenters. The highest BCUT2D eigenvalue weighted by Gasteiger charge is 2.20. The zero-order chi connectivity index (χ0) is 7.68. The Hall–Kier alpha value is -0.670. The molecule has 0 fully saturated rings. The highest BCUT2D eigenvalue weighted by Crippen LogP contribution is 2.39. The average Bonchev–Trinajstić information content (AvgIpc) is 2.46. The van der Waals surface area contributed by atoms with Crippen molar-refractivity contribution in [1.29, 1.82) is 0 Å². The fourth-order valence-electron chi connectivity index (χ4n) is 1.05. The molecule has 1 heterocycles. The summed E-state index contributed by atoms with van der Waals surface area (Å²) in [7, 11) is 0. The molecule has 0 aromatic heterocycles. The highest BCUT2D eigenvalue weighted by molar-refractivity contribution is 8.00. The van der Waals surface area contributed by atoms with E-state index in [2.05, 4.69) is 6.07 Å². The van der Waals surface area contributed by atoms with E-state index in [1.54, 1.807) is 11.8 Å². The number of para-hydroxylation sites is 1. The Kier molecular flexibility index (Phi) is 1.75. The molecule has 2 N–H and O–H groups in total. The molecule has 1 aromatic carbocycles. The van der Waals surface area contributed by atoms with E-state index in [0.717, 1.165) is 5.75 Å². The summed E-state index contributed by atoms with van der Waals surface area (Å²) in [4.78, 5) is 1.20. The molecule has 0 amide bonds. The second kappa shape index (κ2) is 2.75. The maximum Gasteiger partial charge on any atom is 0.161 e. The molecule has 2 rings (SSSR count). The van der Waals surface area contributed by atoms with Gasteiger partial charge in [-0.3, -0.25) is 0 Å². The molecule has 58 valence electrons. The summed E-state index contributed by atoms with van der Waals surface area (Å²) < 4.78 is 5.49. The third kappa shape index (κ3) is 1.21. The van der Waals surface area contributed by atoms with Crippen molar-refractivity contribution in [3.63, 3.8) is 0 Å². The van der Waals surface area contributed by atoms with Crippen molar-refractivity contribution in [2.75, 3.05) is 6.54 Å². The smallest absolute Gasteiger partial charge is 0.161 e. The van der Waals surface area contributed by atoms with Gasteiger partial charge < -0.3 is 10.5 Å². The fourth-order valence-corrected chi connectivity index (χ4v) is 1.97. The largest absolute Gasteiger partial charge is 0.477 e. The molecule has 0 spiro atoms. The van der Waals surface area contributed by atoms with Crippen LogP contribution in [-0.2, 0) is 0 Å². The summed E-state index contributed by atoms with van der Waals surface area (Å²) in [6.07, 6.45) is 0. The Morgan fingerprint density at radius 3 is 3.00 bits per heavy atom. The van der Waals surface area contributed by atoms with Gasteiger partial charge in [0.1, 0.15) is 5.75 Å².